The number of fused-ring (bicyclic) bond motifs is 1. The maximum absolute atomic E-state index is 12.2. The van der Waals surface area contributed by atoms with E-state index in [1.807, 2.05) is 41.8 Å². The summed E-state index contributed by atoms with van der Waals surface area (Å²) in [5.41, 5.74) is 1.03. The second-order valence-corrected chi connectivity index (χ2v) is 6.40. The monoisotopic (exact) mass is 308 g/mol. The van der Waals surface area contributed by atoms with Crippen molar-refractivity contribution in [3.05, 3.63) is 23.8 Å². The Morgan fingerprint density at radius 3 is 2.71 bits per heavy atom. The van der Waals surface area contributed by atoms with Gasteiger partial charge in [0.2, 0.25) is 0 Å². The van der Waals surface area contributed by atoms with Gasteiger partial charge in [-0.15, -0.1) is 0 Å². The lowest BCUT2D eigenvalue weighted by atomic mass is 10.1. The highest BCUT2D eigenvalue weighted by Crippen LogP contribution is 2.32. The van der Waals surface area contributed by atoms with Gasteiger partial charge in [0.25, 0.3) is 0 Å². The van der Waals surface area contributed by atoms with E-state index in [2.05, 4.69) is 5.32 Å². The highest BCUT2D eigenvalue weighted by Gasteiger charge is 2.20. The molecule has 114 valence electrons. The lowest BCUT2D eigenvalue weighted by Gasteiger charge is -2.28. The van der Waals surface area contributed by atoms with Gasteiger partial charge in [0, 0.05) is 24.6 Å². The number of hydrogen-bond donors (Lipinski definition) is 1. The van der Waals surface area contributed by atoms with Gasteiger partial charge in [-0.1, -0.05) is 6.07 Å². The molecule has 3 rings (SSSR count). The maximum atomic E-state index is 12.2. The average molecular weight is 308 g/mol. The topological polar surface area (TPSA) is 50.8 Å². The van der Waals surface area contributed by atoms with Crippen LogP contribution >= 0.6 is 11.8 Å². The van der Waals surface area contributed by atoms with E-state index < -0.39 is 0 Å². The van der Waals surface area contributed by atoms with Crippen LogP contribution in [-0.4, -0.2) is 48.7 Å². The number of nitrogens with zero attached hydrogens (tertiary/aromatic N) is 1. The maximum Gasteiger partial charge on any atom is 0.317 e. The summed E-state index contributed by atoms with van der Waals surface area (Å²) >= 11 is 1.89. The van der Waals surface area contributed by atoms with Gasteiger partial charge >= 0.3 is 6.03 Å². The van der Waals surface area contributed by atoms with Crippen LogP contribution in [0.5, 0.6) is 11.5 Å². The zero-order chi connectivity index (χ0) is 14.7. The molecule has 1 aromatic carbocycles. The highest BCUT2D eigenvalue weighted by molar-refractivity contribution is 7.99. The van der Waals surface area contributed by atoms with Gasteiger partial charge in [0.15, 0.2) is 11.5 Å². The number of urea groups is 1. The molecule has 0 saturated carbocycles. The Kier molecular flexibility index (Phi) is 4.43. The van der Waals surface area contributed by atoms with E-state index in [-0.39, 0.29) is 12.1 Å². The molecule has 1 N–H and O–H groups in total. The van der Waals surface area contributed by atoms with E-state index in [0.29, 0.717) is 13.2 Å². The Bertz CT molecular complexity index is 518. The van der Waals surface area contributed by atoms with Crippen LogP contribution in [0.1, 0.15) is 18.5 Å². The zero-order valence-electron chi connectivity index (χ0n) is 12.1. The van der Waals surface area contributed by atoms with Crippen molar-refractivity contribution in [2.24, 2.45) is 0 Å². The van der Waals surface area contributed by atoms with Crippen molar-refractivity contribution >= 4 is 17.8 Å². The quantitative estimate of drug-likeness (QED) is 0.910. The van der Waals surface area contributed by atoms with Crippen molar-refractivity contribution in [2.45, 2.75) is 13.0 Å². The van der Waals surface area contributed by atoms with Crippen molar-refractivity contribution in [1.82, 2.24) is 10.2 Å². The first-order chi connectivity index (χ1) is 10.2. The second kappa shape index (κ2) is 6.47. The summed E-state index contributed by atoms with van der Waals surface area (Å²) in [6.07, 6.45) is 0. The van der Waals surface area contributed by atoms with Crippen LogP contribution in [0.25, 0.3) is 0 Å². The third kappa shape index (κ3) is 3.37. The van der Waals surface area contributed by atoms with Crippen LogP contribution in [0, 0.1) is 0 Å². The van der Waals surface area contributed by atoms with Crippen LogP contribution in [0.3, 0.4) is 0 Å². The van der Waals surface area contributed by atoms with E-state index >= 15 is 0 Å². The Morgan fingerprint density at radius 2 is 1.95 bits per heavy atom. The summed E-state index contributed by atoms with van der Waals surface area (Å²) in [7, 11) is 0. The summed E-state index contributed by atoms with van der Waals surface area (Å²) < 4.78 is 11.1. The van der Waals surface area contributed by atoms with Gasteiger partial charge in [-0.3, -0.25) is 0 Å². The first kappa shape index (κ1) is 14.4. The smallest absolute Gasteiger partial charge is 0.317 e. The van der Waals surface area contributed by atoms with E-state index in [4.69, 9.17) is 9.47 Å². The lowest BCUT2D eigenvalue weighted by molar-refractivity contribution is 0.171. The van der Waals surface area contributed by atoms with Crippen LogP contribution in [0.2, 0.25) is 0 Å². The van der Waals surface area contributed by atoms with Crippen LogP contribution in [0.4, 0.5) is 4.79 Å². The van der Waals surface area contributed by atoms with Crippen molar-refractivity contribution in [3.63, 3.8) is 0 Å². The molecule has 1 aromatic rings. The van der Waals surface area contributed by atoms with Crippen LogP contribution in [-0.2, 0) is 0 Å². The third-order valence-corrected chi connectivity index (χ3v) is 4.65. The van der Waals surface area contributed by atoms with Gasteiger partial charge in [0.1, 0.15) is 13.2 Å². The molecule has 1 saturated heterocycles. The third-order valence-electron chi connectivity index (χ3n) is 3.70. The molecule has 0 aliphatic carbocycles. The van der Waals surface area contributed by atoms with E-state index in [1.54, 1.807) is 0 Å². The minimum Gasteiger partial charge on any atom is -0.486 e. The molecule has 2 aliphatic heterocycles. The summed E-state index contributed by atoms with van der Waals surface area (Å²) in [4.78, 5) is 14.1. The van der Waals surface area contributed by atoms with Crippen molar-refractivity contribution in [3.8, 4) is 11.5 Å². The average Bonchev–Trinajstić information content (AvgIpc) is 2.55. The number of rotatable bonds is 2. The SMILES string of the molecule is C[C@@H](NC(=O)N1CCSCC1)c1ccc2c(c1)OCCO2. The predicted octanol–water partition coefficient (Wildman–Crippen LogP) is 2.28. The standard InChI is InChI=1S/C15H20N2O3S/c1-11(16-15(18)17-4-8-21-9-5-17)12-2-3-13-14(10-12)20-7-6-19-13/h2-3,10-11H,4-9H2,1H3,(H,16,18)/t11-/m1/s1. The Morgan fingerprint density at radius 1 is 1.24 bits per heavy atom. The number of carbonyl (C=O) groups excluding carboxylic acids is 1. The summed E-state index contributed by atoms with van der Waals surface area (Å²) in [6, 6.07) is 5.79. The number of nitrogens with one attached hydrogen (secondary N) is 1. The van der Waals surface area contributed by atoms with Gasteiger partial charge in [0.05, 0.1) is 6.04 Å². The Balaban J connectivity index is 1.64. The number of benzene rings is 1. The fourth-order valence-corrected chi connectivity index (χ4v) is 3.36. The van der Waals surface area contributed by atoms with Gasteiger partial charge in [-0.05, 0) is 24.6 Å². The minimum absolute atomic E-state index is 0.0117. The number of carbonyl (C=O) groups is 1. The Labute approximate surface area is 129 Å². The van der Waals surface area contributed by atoms with Gasteiger partial charge in [-0.2, -0.15) is 11.8 Å². The second-order valence-electron chi connectivity index (χ2n) is 5.17. The zero-order valence-corrected chi connectivity index (χ0v) is 12.9. The molecule has 1 atom stereocenters. The van der Waals surface area contributed by atoms with Gasteiger partial charge < -0.3 is 19.7 Å². The molecule has 21 heavy (non-hydrogen) atoms. The number of ether oxygens (including phenoxy) is 2. The highest BCUT2D eigenvalue weighted by atomic mass is 32.2. The molecule has 0 unspecified atom stereocenters. The summed E-state index contributed by atoms with van der Waals surface area (Å²) in [5, 5.41) is 3.05. The molecule has 6 heteroatoms. The molecule has 2 amide bonds. The van der Waals surface area contributed by atoms with Crippen molar-refractivity contribution < 1.29 is 14.3 Å². The number of thioether (sulfide) groups is 1. The first-order valence-electron chi connectivity index (χ1n) is 7.27. The van der Waals surface area contributed by atoms with Crippen molar-refractivity contribution in [2.75, 3.05) is 37.8 Å². The molecular formula is C15H20N2O3S. The molecule has 0 spiro atoms. The lowest BCUT2D eigenvalue weighted by Crippen LogP contribution is -2.45. The van der Waals surface area contributed by atoms with E-state index in [1.165, 1.54) is 0 Å². The molecule has 2 aliphatic rings. The normalized spacial score (nSPS) is 19.0. The van der Waals surface area contributed by atoms with Crippen LogP contribution in [0.15, 0.2) is 18.2 Å². The first-order valence-corrected chi connectivity index (χ1v) is 8.42. The molecular weight excluding hydrogens is 288 g/mol. The fraction of sp³-hybridized carbons (Fsp3) is 0.533. The fourth-order valence-electron chi connectivity index (χ4n) is 2.46. The summed E-state index contributed by atoms with van der Waals surface area (Å²) in [6.45, 7) is 4.80. The predicted molar refractivity (Wildman–Crippen MR) is 83.3 cm³/mol. The molecule has 0 bridgehead atoms. The van der Waals surface area contributed by atoms with Gasteiger partial charge in [-0.25, -0.2) is 4.79 Å². The Hall–Kier alpha value is -1.56. The molecule has 0 radical (unpaired) electrons. The number of hydrogen-bond acceptors (Lipinski definition) is 4. The van der Waals surface area contributed by atoms with E-state index in [9.17, 15) is 4.79 Å². The molecule has 0 aromatic heterocycles. The van der Waals surface area contributed by atoms with Crippen molar-refractivity contribution in [1.29, 1.82) is 0 Å². The molecule has 1 fully saturated rings. The molecule has 2 heterocycles. The van der Waals surface area contributed by atoms with E-state index in [0.717, 1.165) is 41.7 Å². The summed E-state index contributed by atoms with van der Waals surface area (Å²) in [5.74, 6) is 3.57. The largest absolute Gasteiger partial charge is 0.486 e. The minimum atomic E-state index is -0.0529. The number of amides is 2. The molecule has 5 nitrogen and oxygen atoms in total. The van der Waals surface area contributed by atoms with Crippen LogP contribution < -0.4 is 14.8 Å².